The van der Waals surface area contributed by atoms with Gasteiger partial charge in [0.15, 0.2) is 0 Å². The van der Waals surface area contributed by atoms with E-state index in [-0.39, 0.29) is 0 Å². The van der Waals surface area contributed by atoms with Gasteiger partial charge in [-0.1, -0.05) is 97.1 Å². The van der Waals surface area contributed by atoms with Gasteiger partial charge in [-0.15, -0.1) is 11.3 Å². The Bertz CT molecular complexity index is 1680. The average molecular weight is 452 g/mol. The molecule has 1 aliphatic carbocycles. The highest BCUT2D eigenvalue weighted by molar-refractivity contribution is 7.21. The zero-order chi connectivity index (χ0) is 22.6. The Labute approximate surface area is 203 Å². The maximum atomic E-state index is 5.10. The van der Waals surface area contributed by atoms with Crippen LogP contribution in [0.1, 0.15) is 5.56 Å². The van der Waals surface area contributed by atoms with Crippen molar-refractivity contribution >= 4 is 21.6 Å². The van der Waals surface area contributed by atoms with E-state index >= 15 is 0 Å². The fourth-order valence-electron chi connectivity index (χ4n) is 5.31. The summed E-state index contributed by atoms with van der Waals surface area (Å²) in [5, 5.41) is 1.08. The van der Waals surface area contributed by atoms with Gasteiger partial charge >= 0.3 is 0 Å². The lowest BCUT2D eigenvalue weighted by molar-refractivity contribution is 1.40. The van der Waals surface area contributed by atoms with E-state index in [4.69, 9.17) is 4.98 Å². The molecule has 1 heterocycles. The van der Waals surface area contributed by atoms with Crippen LogP contribution in [0.4, 0.5) is 0 Å². The molecular formula is C32H21NS. The summed E-state index contributed by atoms with van der Waals surface area (Å²) in [5.74, 6) is 0. The normalized spacial score (nSPS) is 11.7. The van der Waals surface area contributed by atoms with E-state index in [9.17, 15) is 0 Å². The molecule has 0 amide bonds. The maximum Gasteiger partial charge on any atom is 0.125 e. The first-order valence-electron chi connectivity index (χ1n) is 11.6. The van der Waals surface area contributed by atoms with Crippen molar-refractivity contribution in [3.63, 3.8) is 0 Å². The fourth-order valence-corrected chi connectivity index (χ4v) is 6.39. The van der Waals surface area contributed by atoms with E-state index in [2.05, 4.69) is 116 Å². The molecule has 0 fully saturated rings. The quantitative estimate of drug-likeness (QED) is 0.242. The smallest absolute Gasteiger partial charge is 0.125 e. The van der Waals surface area contributed by atoms with Crippen LogP contribution in [-0.2, 0) is 0 Å². The van der Waals surface area contributed by atoms with Gasteiger partial charge in [-0.05, 0) is 63.6 Å². The zero-order valence-electron chi connectivity index (χ0n) is 18.7. The number of para-hydroxylation sites is 1. The number of benzene rings is 5. The molecule has 5 aromatic carbocycles. The monoisotopic (exact) mass is 451 g/mol. The largest absolute Gasteiger partial charge is 0.236 e. The summed E-state index contributed by atoms with van der Waals surface area (Å²) in [6.45, 7) is 2.21. The maximum absolute atomic E-state index is 5.10. The molecule has 0 aliphatic heterocycles. The molecule has 6 aromatic rings. The predicted octanol–water partition coefficient (Wildman–Crippen LogP) is 9.25. The Hall–Kier alpha value is -4.01. The number of thiazole rings is 1. The topological polar surface area (TPSA) is 12.9 Å². The van der Waals surface area contributed by atoms with Crippen molar-refractivity contribution in [1.82, 2.24) is 4.98 Å². The number of aryl methyl sites for hydroxylation is 1. The Morgan fingerprint density at radius 3 is 1.59 bits per heavy atom. The van der Waals surface area contributed by atoms with Crippen LogP contribution >= 0.6 is 11.3 Å². The van der Waals surface area contributed by atoms with Gasteiger partial charge in [0.1, 0.15) is 5.01 Å². The van der Waals surface area contributed by atoms with Crippen LogP contribution in [0.2, 0.25) is 0 Å². The van der Waals surface area contributed by atoms with Gasteiger partial charge in [0.2, 0.25) is 0 Å². The van der Waals surface area contributed by atoms with Gasteiger partial charge in [0.25, 0.3) is 0 Å². The van der Waals surface area contributed by atoms with Crippen molar-refractivity contribution in [3.05, 3.63) is 115 Å². The molecule has 7 rings (SSSR count). The van der Waals surface area contributed by atoms with E-state index in [1.807, 2.05) is 0 Å². The van der Waals surface area contributed by atoms with Crippen LogP contribution in [0.15, 0.2) is 109 Å². The molecular weight excluding hydrogens is 430 g/mol. The highest BCUT2D eigenvalue weighted by atomic mass is 32.1. The lowest BCUT2D eigenvalue weighted by Gasteiger charge is -2.25. The number of rotatable bonds is 1. The first-order chi connectivity index (χ1) is 16.8. The van der Waals surface area contributed by atoms with Gasteiger partial charge < -0.3 is 0 Å². The van der Waals surface area contributed by atoms with Gasteiger partial charge in [0, 0.05) is 11.1 Å². The van der Waals surface area contributed by atoms with Gasteiger partial charge in [-0.3, -0.25) is 0 Å². The summed E-state index contributed by atoms with van der Waals surface area (Å²) in [6.07, 6.45) is 0. The molecule has 34 heavy (non-hydrogen) atoms. The number of hydrogen-bond acceptors (Lipinski definition) is 2. The van der Waals surface area contributed by atoms with Crippen molar-refractivity contribution in [2.24, 2.45) is 0 Å². The minimum atomic E-state index is 1.06. The Morgan fingerprint density at radius 1 is 0.471 bits per heavy atom. The van der Waals surface area contributed by atoms with Gasteiger partial charge in [-0.25, -0.2) is 4.98 Å². The summed E-state index contributed by atoms with van der Waals surface area (Å²) in [5.41, 5.74) is 13.7. The molecule has 1 aliphatic rings. The minimum absolute atomic E-state index is 1.06. The van der Waals surface area contributed by atoms with Gasteiger partial charge in [-0.2, -0.15) is 0 Å². The zero-order valence-corrected chi connectivity index (χ0v) is 19.6. The molecule has 0 spiro atoms. The molecule has 0 bridgehead atoms. The van der Waals surface area contributed by atoms with Crippen molar-refractivity contribution in [2.45, 2.75) is 6.92 Å². The number of aromatic nitrogens is 1. The summed E-state index contributed by atoms with van der Waals surface area (Å²) in [6, 6.07) is 39.4. The second kappa shape index (κ2) is 7.51. The number of fused-ring (bicyclic) bond motifs is 9. The van der Waals surface area contributed by atoms with Crippen molar-refractivity contribution in [1.29, 1.82) is 0 Å². The predicted molar refractivity (Wildman–Crippen MR) is 145 cm³/mol. The van der Waals surface area contributed by atoms with Gasteiger partial charge in [0.05, 0.1) is 10.2 Å². The fraction of sp³-hybridized carbons (Fsp3) is 0.0312. The molecule has 160 valence electrons. The van der Waals surface area contributed by atoms with Crippen LogP contribution in [0.3, 0.4) is 0 Å². The lowest BCUT2D eigenvalue weighted by atomic mass is 9.78. The third-order valence-corrected chi connectivity index (χ3v) is 7.90. The van der Waals surface area contributed by atoms with E-state index < -0.39 is 0 Å². The average Bonchev–Trinajstić information content (AvgIpc) is 3.32. The summed E-state index contributed by atoms with van der Waals surface area (Å²) in [4.78, 5) is 5.10. The van der Waals surface area contributed by atoms with Crippen LogP contribution in [0.25, 0.3) is 65.3 Å². The highest BCUT2D eigenvalue weighted by Crippen LogP contribution is 2.51. The van der Waals surface area contributed by atoms with E-state index in [1.165, 1.54) is 60.3 Å². The van der Waals surface area contributed by atoms with E-state index in [0.29, 0.717) is 0 Å². The molecule has 0 saturated heterocycles. The van der Waals surface area contributed by atoms with Crippen LogP contribution in [0, 0.1) is 6.92 Å². The first kappa shape index (κ1) is 19.5. The van der Waals surface area contributed by atoms with Crippen molar-refractivity contribution < 1.29 is 0 Å². The minimum Gasteiger partial charge on any atom is -0.236 e. The Balaban J connectivity index is 1.67. The van der Waals surface area contributed by atoms with E-state index in [0.717, 1.165) is 10.5 Å². The molecule has 0 atom stereocenters. The third-order valence-electron chi connectivity index (χ3n) is 6.84. The van der Waals surface area contributed by atoms with Crippen LogP contribution in [-0.4, -0.2) is 4.98 Å². The SMILES string of the molecule is Cc1ccc2c(c1-c1nc3ccccc3s1)-c1ccccc1-c1ccccc1-c1ccccc1-2. The second-order valence-corrected chi connectivity index (χ2v) is 9.83. The lowest BCUT2D eigenvalue weighted by Crippen LogP contribution is -1.99. The first-order valence-corrected chi connectivity index (χ1v) is 12.4. The molecule has 0 unspecified atom stereocenters. The summed E-state index contributed by atoms with van der Waals surface area (Å²) >= 11 is 1.78. The summed E-state index contributed by atoms with van der Waals surface area (Å²) in [7, 11) is 0. The number of hydrogen-bond donors (Lipinski definition) is 0. The number of nitrogens with zero attached hydrogens (tertiary/aromatic N) is 1. The third kappa shape index (κ3) is 2.82. The molecule has 0 saturated carbocycles. The van der Waals surface area contributed by atoms with Crippen LogP contribution in [0.5, 0.6) is 0 Å². The highest BCUT2D eigenvalue weighted by Gasteiger charge is 2.25. The molecule has 0 N–H and O–H groups in total. The van der Waals surface area contributed by atoms with E-state index in [1.54, 1.807) is 11.3 Å². The second-order valence-electron chi connectivity index (χ2n) is 8.80. The molecule has 1 aromatic heterocycles. The van der Waals surface area contributed by atoms with Crippen molar-refractivity contribution in [2.75, 3.05) is 0 Å². The summed E-state index contributed by atoms with van der Waals surface area (Å²) < 4.78 is 1.22. The Kier molecular flexibility index (Phi) is 4.30. The Morgan fingerprint density at radius 2 is 0.971 bits per heavy atom. The molecule has 0 radical (unpaired) electrons. The molecule has 1 nitrogen and oxygen atoms in total. The standard InChI is InChI=1S/C32H21NS/c1-20-18-19-27-25-14-5-4-12-23(25)21-10-2-3-11-22(21)24-13-6-7-15-26(24)31(27)30(20)32-33-28-16-8-9-17-29(28)34-32/h2-19H,1H3. The van der Waals surface area contributed by atoms with Crippen molar-refractivity contribution in [3.8, 4) is 55.1 Å². The molecule has 2 heteroatoms. The van der Waals surface area contributed by atoms with Crippen LogP contribution < -0.4 is 0 Å².